The number of aromatic amines is 1. The highest BCUT2D eigenvalue weighted by Crippen LogP contribution is 2.29. The summed E-state index contributed by atoms with van der Waals surface area (Å²) in [6, 6.07) is 0. The third-order valence-corrected chi connectivity index (χ3v) is 2.65. The zero-order valence-electron chi connectivity index (χ0n) is 12.1. The van der Waals surface area contributed by atoms with Crippen molar-refractivity contribution in [1.82, 2.24) is 15.0 Å². The minimum absolute atomic E-state index is 0.264. The maximum absolute atomic E-state index is 11.7. The Morgan fingerprint density at radius 1 is 1.52 bits per heavy atom. The highest BCUT2D eigenvalue weighted by Gasteiger charge is 2.14. The minimum atomic E-state index is -0.264. The van der Waals surface area contributed by atoms with Crippen LogP contribution in [0.2, 0.25) is 0 Å². The standard InChI is InChI=1S/C14H19N5O2/c1-9(2)7-21-14-12-10(19-11(20)4-3-5-15)6-16-13(12)17-8-18-14/h3-4,6,8-9H,5,7,15H2,1-2H3,(H,19,20)(H,16,17,18)/b4-3+. The lowest BCUT2D eigenvalue weighted by Crippen LogP contribution is -2.10. The number of amides is 1. The number of nitrogens with one attached hydrogen (secondary N) is 2. The van der Waals surface area contributed by atoms with Crippen LogP contribution in [0, 0.1) is 5.92 Å². The lowest BCUT2D eigenvalue weighted by Gasteiger charge is -2.09. The first-order chi connectivity index (χ1) is 10.1. The summed E-state index contributed by atoms with van der Waals surface area (Å²) in [6.07, 6.45) is 6.05. The minimum Gasteiger partial charge on any atom is -0.477 e. The Labute approximate surface area is 122 Å². The summed E-state index contributed by atoms with van der Waals surface area (Å²) in [5, 5.41) is 3.42. The Hall–Kier alpha value is -2.41. The summed E-state index contributed by atoms with van der Waals surface area (Å²) in [7, 11) is 0. The molecule has 0 spiro atoms. The van der Waals surface area contributed by atoms with Crippen LogP contribution >= 0.6 is 0 Å². The predicted molar refractivity (Wildman–Crippen MR) is 81.0 cm³/mol. The Bertz CT molecular complexity index is 648. The Balaban J connectivity index is 2.27. The Morgan fingerprint density at radius 2 is 2.33 bits per heavy atom. The van der Waals surface area contributed by atoms with Gasteiger partial charge in [-0.2, -0.15) is 0 Å². The molecule has 0 aliphatic carbocycles. The molecule has 112 valence electrons. The Morgan fingerprint density at radius 3 is 3.05 bits per heavy atom. The molecule has 1 amide bonds. The summed E-state index contributed by atoms with van der Waals surface area (Å²) in [4.78, 5) is 23.0. The molecular weight excluding hydrogens is 270 g/mol. The molecule has 0 fully saturated rings. The van der Waals surface area contributed by atoms with Crippen molar-refractivity contribution in [2.24, 2.45) is 11.7 Å². The molecule has 0 saturated carbocycles. The lowest BCUT2D eigenvalue weighted by molar-refractivity contribution is -0.111. The second kappa shape index (κ2) is 6.85. The quantitative estimate of drug-likeness (QED) is 0.698. The van der Waals surface area contributed by atoms with Crippen LogP contribution < -0.4 is 15.8 Å². The first-order valence-electron chi connectivity index (χ1n) is 6.74. The average Bonchev–Trinajstić information content (AvgIpc) is 2.86. The van der Waals surface area contributed by atoms with Crippen molar-refractivity contribution in [3.8, 4) is 5.88 Å². The van der Waals surface area contributed by atoms with E-state index in [4.69, 9.17) is 10.5 Å². The van der Waals surface area contributed by atoms with Gasteiger partial charge >= 0.3 is 0 Å². The van der Waals surface area contributed by atoms with Crippen molar-refractivity contribution < 1.29 is 9.53 Å². The molecule has 0 radical (unpaired) electrons. The van der Waals surface area contributed by atoms with Gasteiger partial charge in [0.15, 0.2) is 0 Å². The number of carbonyl (C=O) groups excluding carboxylic acids is 1. The van der Waals surface area contributed by atoms with E-state index in [9.17, 15) is 4.79 Å². The molecular formula is C14H19N5O2. The zero-order chi connectivity index (χ0) is 15.2. The van der Waals surface area contributed by atoms with E-state index in [1.165, 1.54) is 12.4 Å². The summed E-state index contributed by atoms with van der Waals surface area (Å²) < 4.78 is 5.68. The molecule has 2 rings (SSSR count). The third kappa shape index (κ3) is 3.79. The molecule has 7 heteroatoms. The fraction of sp³-hybridized carbons (Fsp3) is 0.357. The van der Waals surface area contributed by atoms with Gasteiger partial charge in [0.25, 0.3) is 0 Å². The van der Waals surface area contributed by atoms with Crippen LogP contribution in [0.5, 0.6) is 5.88 Å². The van der Waals surface area contributed by atoms with Crippen LogP contribution in [0.4, 0.5) is 5.69 Å². The van der Waals surface area contributed by atoms with Gasteiger partial charge < -0.3 is 20.8 Å². The molecule has 0 atom stereocenters. The van der Waals surface area contributed by atoms with Crippen LogP contribution in [0.1, 0.15) is 13.8 Å². The summed E-state index contributed by atoms with van der Waals surface area (Å²) in [5.41, 5.74) is 6.51. The van der Waals surface area contributed by atoms with Gasteiger partial charge in [-0.1, -0.05) is 19.9 Å². The summed E-state index contributed by atoms with van der Waals surface area (Å²) >= 11 is 0. The number of hydrogen-bond acceptors (Lipinski definition) is 5. The van der Waals surface area contributed by atoms with E-state index in [2.05, 4.69) is 34.1 Å². The van der Waals surface area contributed by atoms with E-state index in [1.54, 1.807) is 12.3 Å². The topological polar surface area (TPSA) is 106 Å². The predicted octanol–water partition coefficient (Wildman–Crippen LogP) is 1.45. The number of nitrogens with two attached hydrogens (primary N) is 1. The van der Waals surface area contributed by atoms with Crippen molar-refractivity contribution >= 4 is 22.6 Å². The van der Waals surface area contributed by atoms with Gasteiger partial charge in [0, 0.05) is 18.8 Å². The molecule has 0 aliphatic rings. The summed E-state index contributed by atoms with van der Waals surface area (Å²) in [6.45, 7) is 4.95. The molecule has 0 saturated heterocycles. The second-order valence-electron chi connectivity index (χ2n) is 4.94. The maximum Gasteiger partial charge on any atom is 0.248 e. The molecule has 0 aromatic carbocycles. The smallest absolute Gasteiger partial charge is 0.248 e. The van der Waals surface area contributed by atoms with Gasteiger partial charge in [0.05, 0.1) is 12.3 Å². The van der Waals surface area contributed by atoms with Crippen LogP contribution in [-0.2, 0) is 4.79 Å². The van der Waals surface area contributed by atoms with Crippen molar-refractivity contribution in [2.45, 2.75) is 13.8 Å². The van der Waals surface area contributed by atoms with E-state index in [1.807, 2.05) is 0 Å². The van der Waals surface area contributed by atoms with E-state index < -0.39 is 0 Å². The first kappa shape index (κ1) is 15.0. The van der Waals surface area contributed by atoms with Crippen molar-refractivity contribution in [2.75, 3.05) is 18.5 Å². The average molecular weight is 289 g/mol. The number of H-pyrrole nitrogens is 1. The molecule has 2 aromatic rings. The number of aromatic nitrogens is 3. The monoisotopic (exact) mass is 289 g/mol. The van der Waals surface area contributed by atoms with Crippen LogP contribution in [-0.4, -0.2) is 34.0 Å². The SMILES string of the molecule is CC(C)COc1ncnc2[nH]cc(NC(=O)/C=C/CN)c12. The fourth-order valence-corrected chi connectivity index (χ4v) is 1.74. The van der Waals surface area contributed by atoms with Crippen molar-refractivity contribution in [3.05, 3.63) is 24.7 Å². The van der Waals surface area contributed by atoms with Gasteiger partial charge in [0.1, 0.15) is 17.4 Å². The van der Waals surface area contributed by atoms with Gasteiger partial charge in [-0.05, 0) is 5.92 Å². The highest BCUT2D eigenvalue weighted by atomic mass is 16.5. The first-order valence-corrected chi connectivity index (χ1v) is 6.74. The lowest BCUT2D eigenvalue weighted by atomic mass is 10.2. The molecule has 2 aromatic heterocycles. The molecule has 4 N–H and O–H groups in total. The number of hydrogen-bond donors (Lipinski definition) is 3. The largest absolute Gasteiger partial charge is 0.477 e. The highest BCUT2D eigenvalue weighted by molar-refractivity contribution is 6.06. The normalized spacial score (nSPS) is 11.4. The van der Waals surface area contributed by atoms with E-state index in [-0.39, 0.29) is 5.91 Å². The van der Waals surface area contributed by atoms with E-state index in [0.29, 0.717) is 41.7 Å². The number of fused-ring (bicyclic) bond motifs is 1. The van der Waals surface area contributed by atoms with Crippen molar-refractivity contribution in [1.29, 1.82) is 0 Å². The molecule has 0 unspecified atom stereocenters. The van der Waals surface area contributed by atoms with Gasteiger partial charge in [-0.15, -0.1) is 0 Å². The van der Waals surface area contributed by atoms with E-state index >= 15 is 0 Å². The van der Waals surface area contributed by atoms with Crippen LogP contribution in [0.3, 0.4) is 0 Å². The number of carbonyl (C=O) groups is 1. The van der Waals surface area contributed by atoms with E-state index in [0.717, 1.165) is 0 Å². The summed E-state index contributed by atoms with van der Waals surface area (Å²) in [5.74, 6) is 0.563. The second-order valence-corrected chi connectivity index (χ2v) is 4.94. The number of nitrogens with zero attached hydrogens (tertiary/aromatic N) is 2. The molecule has 21 heavy (non-hydrogen) atoms. The Kier molecular flexibility index (Phi) is 4.89. The van der Waals surface area contributed by atoms with Crippen molar-refractivity contribution in [3.63, 3.8) is 0 Å². The van der Waals surface area contributed by atoms with Crippen LogP contribution in [0.25, 0.3) is 11.0 Å². The molecule has 0 bridgehead atoms. The maximum atomic E-state index is 11.7. The number of anilines is 1. The van der Waals surface area contributed by atoms with Gasteiger partial charge in [-0.3, -0.25) is 4.79 Å². The number of ether oxygens (including phenoxy) is 1. The third-order valence-electron chi connectivity index (χ3n) is 2.65. The molecule has 2 heterocycles. The number of rotatable bonds is 6. The van der Waals surface area contributed by atoms with Crippen LogP contribution in [0.15, 0.2) is 24.7 Å². The van der Waals surface area contributed by atoms with Gasteiger partial charge in [-0.25, -0.2) is 9.97 Å². The molecule has 7 nitrogen and oxygen atoms in total. The zero-order valence-corrected chi connectivity index (χ0v) is 12.1. The van der Waals surface area contributed by atoms with Gasteiger partial charge in [0.2, 0.25) is 11.8 Å². The fourth-order valence-electron chi connectivity index (χ4n) is 1.74. The molecule has 0 aliphatic heterocycles.